The van der Waals surface area contributed by atoms with Crippen molar-refractivity contribution in [2.45, 2.75) is 77.0 Å². The van der Waals surface area contributed by atoms with E-state index in [4.69, 9.17) is 0 Å². The average Bonchev–Trinajstić information content (AvgIpc) is 3.16. The van der Waals surface area contributed by atoms with Crippen LogP contribution in [0.1, 0.15) is 99.3 Å². The molecule has 2 atom stereocenters. The molecule has 4 aromatic carbocycles. The van der Waals surface area contributed by atoms with Crippen LogP contribution in [0.15, 0.2) is 146 Å². The molecule has 8 saturated carbocycles. The van der Waals surface area contributed by atoms with Crippen LogP contribution >= 0.6 is 0 Å². The minimum Gasteiger partial charge on any atom is -0.0777 e. The molecule has 0 heterocycles. The van der Waals surface area contributed by atoms with Crippen molar-refractivity contribution >= 4 is 24.3 Å². The van der Waals surface area contributed by atoms with Gasteiger partial charge in [-0.2, -0.15) is 0 Å². The molecule has 8 bridgehead atoms. The second-order valence-corrected chi connectivity index (χ2v) is 19.0. The number of hydrogen-bond donors (Lipinski definition) is 0. The summed E-state index contributed by atoms with van der Waals surface area (Å²) >= 11 is 0. The molecule has 8 aliphatic carbocycles. The molecule has 0 amide bonds. The van der Waals surface area contributed by atoms with E-state index >= 15 is 0 Å². The monoisotopic (exact) mass is 678 g/mol. The summed E-state index contributed by atoms with van der Waals surface area (Å²) in [5.74, 6) is 1.74. The molecular weight excluding hydrogens is 625 g/mol. The first-order valence-corrected chi connectivity index (χ1v) is 20.3. The maximum absolute atomic E-state index is 2.75. The third-order valence-corrected chi connectivity index (χ3v) is 15.1. The van der Waals surface area contributed by atoms with E-state index in [0.29, 0.717) is 16.2 Å². The zero-order chi connectivity index (χ0) is 34.7. The van der Waals surface area contributed by atoms with Gasteiger partial charge >= 0.3 is 0 Å². The van der Waals surface area contributed by atoms with Gasteiger partial charge in [-0.1, -0.05) is 170 Å². The lowest BCUT2D eigenvalue weighted by Gasteiger charge is -2.77. The van der Waals surface area contributed by atoms with Crippen LogP contribution in [0.25, 0.3) is 24.3 Å². The van der Waals surface area contributed by atoms with E-state index < -0.39 is 0 Å². The predicted molar refractivity (Wildman–Crippen MR) is 219 cm³/mol. The first-order valence-electron chi connectivity index (χ1n) is 20.3. The first-order chi connectivity index (χ1) is 25.4. The summed E-state index contributed by atoms with van der Waals surface area (Å²) in [6, 6.07) is 44.6. The second kappa shape index (κ2) is 12.2. The molecule has 0 nitrogen and oxygen atoms in total. The highest BCUT2D eigenvalue weighted by Crippen LogP contribution is 2.83. The molecule has 0 aliphatic heterocycles. The minimum atomic E-state index is 0.184. The van der Waals surface area contributed by atoms with Gasteiger partial charge in [-0.05, 0) is 144 Å². The minimum absolute atomic E-state index is 0.184. The van der Waals surface area contributed by atoms with Gasteiger partial charge < -0.3 is 0 Å². The van der Waals surface area contributed by atoms with Gasteiger partial charge in [0, 0.05) is 0 Å². The van der Waals surface area contributed by atoms with Crippen LogP contribution in [0.3, 0.4) is 0 Å². The lowest BCUT2D eigenvalue weighted by molar-refractivity contribution is -0.249. The maximum atomic E-state index is 2.75. The van der Waals surface area contributed by atoms with Crippen molar-refractivity contribution in [1.82, 2.24) is 0 Å². The van der Waals surface area contributed by atoms with Crippen LogP contribution in [0.4, 0.5) is 0 Å². The van der Waals surface area contributed by atoms with Crippen molar-refractivity contribution in [2.75, 3.05) is 0 Å². The molecule has 2 unspecified atom stereocenters. The molecule has 0 N–H and O–H groups in total. The number of benzene rings is 4. The zero-order valence-electron chi connectivity index (χ0n) is 30.8. The van der Waals surface area contributed by atoms with Crippen molar-refractivity contribution in [1.29, 1.82) is 0 Å². The van der Waals surface area contributed by atoms with E-state index in [2.05, 4.69) is 170 Å². The van der Waals surface area contributed by atoms with Crippen molar-refractivity contribution in [2.24, 2.45) is 44.3 Å². The Morgan fingerprint density at radius 1 is 0.327 bits per heavy atom. The molecule has 0 aromatic heterocycles. The molecule has 0 heteroatoms. The Morgan fingerprint density at radius 3 is 0.981 bits per heavy atom. The fourth-order valence-corrected chi connectivity index (χ4v) is 14.5. The van der Waals surface area contributed by atoms with Crippen LogP contribution in [0.5, 0.6) is 0 Å². The van der Waals surface area contributed by atoms with E-state index in [0.717, 1.165) is 11.8 Å². The largest absolute Gasteiger partial charge is 0.0777 e. The fourth-order valence-electron chi connectivity index (χ4n) is 14.5. The topological polar surface area (TPSA) is 0 Å². The quantitative estimate of drug-likeness (QED) is 0.165. The first kappa shape index (κ1) is 32.5. The lowest BCUT2D eigenvalue weighted by Crippen LogP contribution is -2.68. The van der Waals surface area contributed by atoms with Gasteiger partial charge in [0.15, 0.2) is 0 Å². The van der Waals surface area contributed by atoms with Crippen LogP contribution in [-0.4, -0.2) is 0 Å². The normalized spacial score (nSPS) is 38.8. The highest BCUT2D eigenvalue weighted by Gasteiger charge is 2.73. The molecule has 0 saturated heterocycles. The summed E-state index contributed by atoms with van der Waals surface area (Å²) in [6.07, 6.45) is 37.5. The van der Waals surface area contributed by atoms with Crippen LogP contribution in [0, 0.1) is 44.3 Å². The molecule has 8 fully saturated rings. The molecule has 8 aliphatic rings. The lowest BCUT2D eigenvalue weighted by atomic mass is 9.27. The molecular formula is C52H54. The Morgan fingerprint density at radius 2 is 0.635 bits per heavy atom. The van der Waals surface area contributed by atoms with Gasteiger partial charge in [-0.25, -0.2) is 0 Å². The Hall–Kier alpha value is -4.16. The predicted octanol–water partition coefficient (Wildman–Crippen LogP) is 13.8. The Labute approximate surface area is 312 Å². The van der Waals surface area contributed by atoms with Gasteiger partial charge in [-0.3, -0.25) is 0 Å². The van der Waals surface area contributed by atoms with Gasteiger partial charge in [0.25, 0.3) is 0 Å². The highest BCUT2D eigenvalue weighted by atomic mass is 14.8. The number of allylic oxidation sites excluding steroid dienone is 4. The number of hydrogen-bond acceptors (Lipinski definition) is 0. The molecule has 12 rings (SSSR count). The molecule has 4 aromatic rings. The van der Waals surface area contributed by atoms with Gasteiger partial charge in [0.05, 0.1) is 0 Å². The second-order valence-electron chi connectivity index (χ2n) is 19.0. The van der Waals surface area contributed by atoms with Crippen molar-refractivity contribution < 1.29 is 0 Å². The van der Waals surface area contributed by atoms with E-state index in [1.807, 2.05) is 0 Å². The third kappa shape index (κ3) is 5.73. The van der Waals surface area contributed by atoms with Gasteiger partial charge in [0.2, 0.25) is 0 Å². The standard InChI is InChI=1S/C52H54/c1-5-13-41(14-6-1)21-25-47-30-45-29-46(31-47)33-51(32-45,37-47)52-38-48(26-22-42-15-7-2-8-16-42)34-49(39-52,27-23-43-17-9-3-10-18-43)36-50(35-48,40-52)28-24-44-19-11-4-12-20-44/h1-28,45-46H,29-40H2. The zero-order valence-corrected chi connectivity index (χ0v) is 30.8. The average molecular weight is 679 g/mol. The summed E-state index contributed by atoms with van der Waals surface area (Å²) in [5.41, 5.74) is 7.02. The molecule has 0 spiro atoms. The fraction of sp³-hybridized carbons (Fsp3) is 0.385. The highest BCUT2D eigenvalue weighted by molar-refractivity contribution is 5.55. The Balaban J connectivity index is 1.12. The third-order valence-electron chi connectivity index (χ3n) is 15.1. The van der Waals surface area contributed by atoms with Crippen LogP contribution in [-0.2, 0) is 0 Å². The van der Waals surface area contributed by atoms with E-state index in [9.17, 15) is 0 Å². The van der Waals surface area contributed by atoms with Crippen molar-refractivity contribution in [3.8, 4) is 0 Å². The SMILES string of the molecule is C(=CC12CC3CC(C1)CC(C14CC5(C=Cc6ccccc6)CC(C=Cc6ccccc6)(CC(C=Cc6ccccc6)(C5)C1)C4)(C3)C2)c1ccccc1. The van der Waals surface area contributed by atoms with Crippen molar-refractivity contribution in [3.05, 3.63) is 168 Å². The summed E-state index contributed by atoms with van der Waals surface area (Å²) in [4.78, 5) is 0. The van der Waals surface area contributed by atoms with Crippen molar-refractivity contribution in [3.63, 3.8) is 0 Å². The van der Waals surface area contributed by atoms with E-state index in [1.54, 1.807) is 0 Å². The smallest absolute Gasteiger partial charge is 0.00929 e. The Kier molecular flexibility index (Phi) is 7.62. The summed E-state index contributed by atoms with van der Waals surface area (Å²) in [5, 5.41) is 0. The Bertz CT molecular complexity index is 1830. The summed E-state index contributed by atoms with van der Waals surface area (Å²) < 4.78 is 0. The van der Waals surface area contributed by atoms with Gasteiger partial charge in [0.1, 0.15) is 0 Å². The maximum Gasteiger partial charge on any atom is -0.00929 e. The van der Waals surface area contributed by atoms with E-state index in [1.165, 1.54) is 99.3 Å². The molecule has 0 radical (unpaired) electrons. The van der Waals surface area contributed by atoms with Crippen LogP contribution < -0.4 is 0 Å². The van der Waals surface area contributed by atoms with Gasteiger partial charge in [-0.15, -0.1) is 0 Å². The van der Waals surface area contributed by atoms with E-state index in [-0.39, 0.29) is 16.2 Å². The molecule has 52 heavy (non-hydrogen) atoms. The summed E-state index contributed by atoms with van der Waals surface area (Å²) in [6.45, 7) is 0. The van der Waals surface area contributed by atoms with Crippen LogP contribution in [0.2, 0.25) is 0 Å². The molecule has 262 valence electrons. The number of rotatable bonds is 9. The summed E-state index contributed by atoms with van der Waals surface area (Å²) in [7, 11) is 0.